The van der Waals surface area contributed by atoms with Crippen LogP contribution in [-0.2, 0) is 0 Å². The third kappa shape index (κ3) is 2.91. The van der Waals surface area contributed by atoms with E-state index >= 15 is 0 Å². The average Bonchev–Trinajstić information content (AvgIpc) is 2.42. The number of nitrogens with zero attached hydrogens (tertiary/aromatic N) is 1. The number of nitro benzene ring substituents is 1. The third-order valence-corrected chi connectivity index (χ3v) is 3.15. The van der Waals surface area contributed by atoms with Gasteiger partial charge in [0.15, 0.2) is 0 Å². The van der Waals surface area contributed by atoms with Gasteiger partial charge in [-0.15, -0.1) is 0 Å². The van der Waals surface area contributed by atoms with Crippen LogP contribution in [0.5, 0.6) is 11.5 Å². The highest BCUT2D eigenvalue weighted by atomic mass is 35.5. The van der Waals surface area contributed by atoms with E-state index < -0.39 is 27.7 Å². The van der Waals surface area contributed by atoms with Crippen molar-refractivity contribution in [3.8, 4) is 11.5 Å². The summed E-state index contributed by atoms with van der Waals surface area (Å²) in [5.74, 6) is -2.03. The number of carbonyl (C=O) groups is 1. The van der Waals surface area contributed by atoms with Crippen LogP contribution in [0.3, 0.4) is 0 Å². The summed E-state index contributed by atoms with van der Waals surface area (Å²) in [4.78, 5) is 22.3. The number of ketones is 1. The van der Waals surface area contributed by atoms with Crippen molar-refractivity contribution in [2.75, 3.05) is 0 Å². The zero-order valence-corrected chi connectivity index (χ0v) is 11.7. The summed E-state index contributed by atoms with van der Waals surface area (Å²) in [7, 11) is 0. The molecule has 0 amide bonds. The largest absolute Gasteiger partial charge is 0.507 e. The van der Waals surface area contributed by atoms with Gasteiger partial charge in [-0.05, 0) is 24.3 Å². The van der Waals surface area contributed by atoms with Gasteiger partial charge in [0.25, 0.3) is 0 Å². The van der Waals surface area contributed by atoms with Gasteiger partial charge in [-0.3, -0.25) is 14.9 Å². The summed E-state index contributed by atoms with van der Waals surface area (Å²) in [6, 6.07) is 5.75. The lowest BCUT2D eigenvalue weighted by molar-refractivity contribution is -0.385. The van der Waals surface area contributed by atoms with Gasteiger partial charge in [0.05, 0.1) is 16.1 Å². The predicted octanol–water partition coefficient (Wildman–Crippen LogP) is 3.54. The molecule has 2 rings (SSSR count). The Morgan fingerprint density at radius 1 is 1.05 bits per heavy atom. The molecule has 108 valence electrons. The van der Waals surface area contributed by atoms with Gasteiger partial charge in [-0.1, -0.05) is 23.2 Å². The number of carbonyl (C=O) groups excluding carboxylic acids is 1. The van der Waals surface area contributed by atoms with Crippen LogP contribution in [0, 0.1) is 10.1 Å². The van der Waals surface area contributed by atoms with Gasteiger partial charge in [0, 0.05) is 16.1 Å². The summed E-state index contributed by atoms with van der Waals surface area (Å²) < 4.78 is 0. The number of nitro groups is 1. The summed E-state index contributed by atoms with van der Waals surface area (Å²) in [6.07, 6.45) is 0. The zero-order valence-electron chi connectivity index (χ0n) is 10.2. The van der Waals surface area contributed by atoms with Crippen molar-refractivity contribution in [2.24, 2.45) is 0 Å². The topological polar surface area (TPSA) is 101 Å². The van der Waals surface area contributed by atoms with Crippen LogP contribution in [-0.4, -0.2) is 20.9 Å². The van der Waals surface area contributed by atoms with Crippen molar-refractivity contribution >= 4 is 34.7 Å². The van der Waals surface area contributed by atoms with Gasteiger partial charge in [-0.2, -0.15) is 0 Å². The molecule has 0 aliphatic rings. The normalized spacial score (nSPS) is 10.4. The van der Waals surface area contributed by atoms with E-state index in [0.717, 1.165) is 12.1 Å². The maximum Gasteiger partial charge on any atom is 0.312 e. The maximum absolute atomic E-state index is 12.3. The smallest absolute Gasteiger partial charge is 0.312 e. The zero-order chi connectivity index (χ0) is 15.7. The molecule has 0 bridgehead atoms. The highest BCUT2D eigenvalue weighted by molar-refractivity contribution is 6.32. The first-order valence-electron chi connectivity index (χ1n) is 5.51. The lowest BCUT2D eigenvalue weighted by Gasteiger charge is -2.07. The van der Waals surface area contributed by atoms with Crippen molar-refractivity contribution in [3.05, 3.63) is 61.6 Å². The molecule has 0 saturated heterocycles. The Bertz CT molecular complexity index is 760. The van der Waals surface area contributed by atoms with E-state index in [1.54, 1.807) is 0 Å². The third-order valence-electron chi connectivity index (χ3n) is 2.70. The molecular weight excluding hydrogens is 321 g/mol. The van der Waals surface area contributed by atoms with Crippen LogP contribution in [0.2, 0.25) is 10.0 Å². The molecule has 0 spiro atoms. The number of phenolic OH excluding ortho intramolecular Hbond substituents is 2. The lowest BCUT2D eigenvalue weighted by atomic mass is 10.0. The molecule has 0 saturated carbocycles. The molecule has 0 radical (unpaired) electrons. The molecule has 0 fully saturated rings. The molecule has 21 heavy (non-hydrogen) atoms. The lowest BCUT2D eigenvalue weighted by Crippen LogP contribution is -2.04. The highest BCUT2D eigenvalue weighted by Gasteiger charge is 2.25. The van der Waals surface area contributed by atoms with Gasteiger partial charge < -0.3 is 10.2 Å². The predicted molar refractivity (Wildman–Crippen MR) is 76.3 cm³/mol. The second kappa shape index (κ2) is 5.59. The molecule has 6 nitrogen and oxygen atoms in total. The molecule has 2 aromatic rings. The van der Waals surface area contributed by atoms with E-state index in [-0.39, 0.29) is 21.4 Å². The first-order valence-corrected chi connectivity index (χ1v) is 6.27. The quantitative estimate of drug-likeness (QED) is 0.510. The second-order valence-electron chi connectivity index (χ2n) is 4.07. The van der Waals surface area contributed by atoms with Gasteiger partial charge in [-0.25, -0.2) is 0 Å². The molecule has 2 aromatic carbocycles. The molecule has 0 unspecified atom stereocenters. The Labute approximate surface area is 128 Å². The van der Waals surface area contributed by atoms with Crippen LogP contribution < -0.4 is 0 Å². The number of halogens is 2. The first kappa shape index (κ1) is 15.1. The van der Waals surface area contributed by atoms with Crippen molar-refractivity contribution in [3.63, 3.8) is 0 Å². The standard InChI is InChI=1S/C13H7Cl2NO5/c14-6-1-2-11(17)8(3-6)12(18)9-4-7(15)5-10(13(9)19)16(20)21/h1-5,17,19H. The van der Waals surface area contributed by atoms with E-state index in [2.05, 4.69) is 0 Å². The molecule has 0 aliphatic heterocycles. The molecule has 0 aliphatic carbocycles. The van der Waals surface area contributed by atoms with Crippen LogP contribution in [0.15, 0.2) is 30.3 Å². The Hall–Kier alpha value is -2.31. The van der Waals surface area contributed by atoms with Crippen LogP contribution in [0.4, 0.5) is 5.69 Å². The van der Waals surface area contributed by atoms with Crippen LogP contribution >= 0.6 is 23.2 Å². The summed E-state index contributed by atoms with van der Waals surface area (Å²) in [6.45, 7) is 0. The van der Waals surface area contributed by atoms with Crippen LogP contribution in [0.1, 0.15) is 15.9 Å². The summed E-state index contributed by atoms with van der Waals surface area (Å²) in [5, 5.41) is 30.4. The van der Waals surface area contributed by atoms with E-state index in [4.69, 9.17) is 23.2 Å². The minimum Gasteiger partial charge on any atom is -0.507 e. The van der Waals surface area contributed by atoms with Gasteiger partial charge in [0.1, 0.15) is 5.75 Å². The van der Waals surface area contributed by atoms with Crippen LogP contribution in [0.25, 0.3) is 0 Å². The van der Waals surface area contributed by atoms with E-state index in [9.17, 15) is 25.1 Å². The van der Waals surface area contributed by atoms with Gasteiger partial charge >= 0.3 is 5.69 Å². The SMILES string of the molecule is O=C(c1cc(Cl)ccc1O)c1cc(Cl)cc([N+](=O)[O-])c1O. The molecule has 0 heterocycles. The number of phenols is 2. The number of hydrogen-bond acceptors (Lipinski definition) is 5. The van der Waals surface area contributed by atoms with Crippen molar-refractivity contribution in [2.45, 2.75) is 0 Å². The Morgan fingerprint density at radius 2 is 1.67 bits per heavy atom. The monoisotopic (exact) mass is 327 g/mol. The van der Waals surface area contributed by atoms with Crippen molar-refractivity contribution in [1.82, 2.24) is 0 Å². The Balaban J connectivity index is 2.64. The van der Waals surface area contributed by atoms with E-state index in [1.807, 2.05) is 0 Å². The molecule has 0 atom stereocenters. The fourth-order valence-corrected chi connectivity index (χ4v) is 2.12. The molecule has 8 heteroatoms. The van der Waals surface area contributed by atoms with E-state index in [0.29, 0.717) is 0 Å². The van der Waals surface area contributed by atoms with Crippen molar-refractivity contribution < 1.29 is 19.9 Å². The second-order valence-corrected chi connectivity index (χ2v) is 4.94. The highest BCUT2D eigenvalue weighted by Crippen LogP contribution is 2.36. The maximum atomic E-state index is 12.3. The average molecular weight is 328 g/mol. The fraction of sp³-hybridized carbons (Fsp3) is 0. The molecule has 0 aromatic heterocycles. The Kier molecular flexibility index (Phi) is 4.02. The minimum atomic E-state index is -0.865. The molecule has 2 N–H and O–H groups in total. The van der Waals surface area contributed by atoms with E-state index in [1.165, 1.54) is 18.2 Å². The first-order chi connectivity index (χ1) is 9.81. The number of benzene rings is 2. The number of aromatic hydroxyl groups is 2. The number of rotatable bonds is 3. The Morgan fingerprint density at radius 3 is 2.29 bits per heavy atom. The fourth-order valence-electron chi connectivity index (χ4n) is 1.73. The van der Waals surface area contributed by atoms with Crippen molar-refractivity contribution in [1.29, 1.82) is 0 Å². The summed E-state index contributed by atoms with van der Waals surface area (Å²) in [5.41, 5.74) is -1.30. The molecular formula is C13H7Cl2NO5. The minimum absolute atomic E-state index is 0.0932. The summed E-state index contributed by atoms with van der Waals surface area (Å²) >= 11 is 11.5. The van der Waals surface area contributed by atoms with Gasteiger partial charge in [0.2, 0.25) is 11.5 Å². The number of hydrogen-bond donors (Lipinski definition) is 2.